The number of imidazole rings is 1. The molecule has 1 aromatic carbocycles. The van der Waals surface area contributed by atoms with E-state index >= 15 is 0 Å². The van der Waals surface area contributed by atoms with Gasteiger partial charge in [-0.3, -0.25) is 14.9 Å². The minimum atomic E-state index is -1.33. The lowest BCUT2D eigenvalue weighted by molar-refractivity contribution is -0.384. The van der Waals surface area contributed by atoms with E-state index in [0.717, 1.165) is 6.07 Å². The monoisotopic (exact) mass is 372 g/mol. The molecule has 1 saturated carbocycles. The number of aromatic nitrogens is 2. The molecular formula is C18H20N4O5. The molecular weight excluding hydrogens is 352 g/mol. The molecule has 0 spiro atoms. The Morgan fingerprint density at radius 2 is 2.07 bits per heavy atom. The topological polar surface area (TPSA) is 127 Å². The van der Waals surface area contributed by atoms with Crippen molar-refractivity contribution in [3.8, 4) is 5.69 Å². The maximum absolute atomic E-state index is 12.7. The Morgan fingerprint density at radius 1 is 1.37 bits per heavy atom. The Kier molecular flexibility index (Phi) is 4.93. The molecule has 9 nitrogen and oxygen atoms in total. The quantitative estimate of drug-likeness (QED) is 0.613. The predicted octanol–water partition coefficient (Wildman–Crippen LogP) is 2.54. The minimum absolute atomic E-state index is 0.0461. The highest BCUT2D eigenvalue weighted by molar-refractivity contribution is 5.98. The van der Waals surface area contributed by atoms with Crippen molar-refractivity contribution in [3.63, 3.8) is 0 Å². The van der Waals surface area contributed by atoms with Gasteiger partial charge < -0.3 is 15.0 Å². The van der Waals surface area contributed by atoms with Gasteiger partial charge in [-0.25, -0.2) is 9.78 Å². The molecule has 1 aromatic heterocycles. The van der Waals surface area contributed by atoms with E-state index in [4.69, 9.17) is 0 Å². The predicted molar refractivity (Wildman–Crippen MR) is 95.7 cm³/mol. The summed E-state index contributed by atoms with van der Waals surface area (Å²) in [6, 6.07) is 4.05. The lowest BCUT2D eigenvalue weighted by Gasteiger charge is -2.36. The van der Waals surface area contributed by atoms with E-state index in [0.29, 0.717) is 31.6 Å². The van der Waals surface area contributed by atoms with E-state index in [9.17, 15) is 24.8 Å². The van der Waals surface area contributed by atoms with E-state index in [-0.39, 0.29) is 16.9 Å². The number of nitrogens with one attached hydrogen (secondary N) is 1. The van der Waals surface area contributed by atoms with Gasteiger partial charge >= 0.3 is 5.97 Å². The van der Waals surface area contributed by atoms with E-state index in [1.807, 2.05) is 6.92 Å². The van der Waals surface area contributed by atoms with E-state index < -0.39 is 22.3 Å². The zero-order chi connectivity index (χ0) is 19.6. The first-order valence-electron chi connectivity index (χ1n) is 8.65. The number of carboxylic acids is 1. The van der Waals surface area contributed by atoms with E-state index in [1.165, 1.54) is 29.2 Å². The van der Waals surface area contributed by atoms with Gasteiger partial charge in [0, 0.05) is 24.0 Å². The lowest BCUT2D eigenvalue weighted by atomic mass is 9.77. The summed E-state index contributed by atoms with van der Waals surface area (Å²) in [5.41, 5.74) is -1.28. The molecule has 1 amide bonds. The van der Waals surface area contributed by atoms with Crippen molar-refractivity contribution >= 4 is 17.6 Å². The molecule has 27 heavy (non-hydrogen) atoms. The number of nitro groups is 1. The highest BCUT2D eigenvalue weighted by atomic mass is 16.6. The number of benzene rings is 1. The number of nitro benzene ring substituents is 1. The van der Waals surface area contributed by atoms with Gasteiger partial charge in [-0.05, 0) is 43.7 Å². The fourth-order valence-electron chi connectivity index (χ4n) is 3.37. The van der Waals surface area contributed by atoms with Crippen LogP contribution in [0, 0.1) is 16.0 Å². The van der Waals surface area contributed by atoms with Crippen molar-refractivity contribution in [2.75, 3.05) is 0 Å². The third kappa shape index (κ3) is 3.67. The number of amides is 1. The molecule has 1 heterocycles. The normalized spacial score (nSPS) is 22.2. The summed E-state index contributed by atoms with van der Waals surface area (Å²) in [6.45, 7) is 2.05. The summed E-state index contributed by atoms with van der Waals surface area (Å²) in [6.07, 6.45) is 6.55. The smallest absolute Gasteiger partial charge is 0.329 e. The van der Waals surface area contributed by atoms with Crippen LogP contribution < -0.4 is 5.32 Å². The zero-order valence-electron chi connectivity index (χ0n) is 14.8. The number of carbonyl (C=O) groups is 2. The minimum Gasteiger partial charge on any atom is -0.480 e. The molecule has 2 aromatic rings. The average Bonchev–Trinajstić information content (AvgIpc) is 3.17. The van der Waals surface area contributed by atoms with Crippen molar-refractivity contribution in [2.45, 2.75) is 38.1 Å². The Morgan fingerprint density at radius 3 is 2.63 bits per heavy atom. The zero-order valence-corrected chi connectivity index (χ0v) is 14.8. The van der Waals surface area contributed by atoms with Crippen molar-refractivity contribution in [1.29, 1.82) is 0 Å². The van der Waals surface area contributed by atoms with Crippen LogP contribution in [0.1, 0.15) is 43.0 Å². The van der Waals surface area contributed by atoms with Gasteiger partial charge in [-0.1, -0.05) is 6.92 Å². The molecule has 142 valence electrons. The Hall–Kier alpha value is -3.23. The van der Waals surface area contributed by atoms with Crippen LogP contribution in [0.2, 0.25) is 0 Å². The summed E-state index contributed by atoms with van der Waals surface area (Å²) in [5.74, 6) is -1.30. The molecule has 0 aliphatic heterocycles. The van der Waals surface area contributed by atoms with Crippen LogP contribution in [0.3, 0.4) is 0 Å². The van der Waals surface area contributed by atoms with Crippen LogP contribution in [0.5, 0.6) is 0 Å². The maximum Gasteiger partial charge on any atom is 0.329 e. The van der Waals surface area contributed by atoms with Crippen molar-refractivity contribution < 1.29 is 19.6 Å². The molecule has 0 atom stereocenters. The molecule has 2 N–H and O–H groups in total. The van der Waals surface area contributed by atoms with Gasteiger partial charge in [0.25, 0.3) is 11.6 Å². The molecule has 0 bridgehead atoms. The first-order valence-corrected chi connectivity index (χ1v) is 8.65. The highest BCUT2D eigenvalue weighted by Crippen LogP contribution is 2.33. The molecule has 1 fully saturated rings. The fourth-order valence-corrected chi connectivity index (χ4v) is 3.37. The number of rotatable bonds is 5. The molecule has 0 radical (unpaired) electrons. The third-order valence-corrected chi connectivity index (χ3v) is 5.11. The maximum atomic E-state index is 12.7. The van der Waals surface area contributed by atoms with Gasteiger partial charge in [0.15, 0.2) is 0 Å². The number of carboxylic acid groups (broad SMARTS) is 1. The number of hydrogen-bond donors (Lipinski definition) is 2. The van der Waals surface area contributed by atoms with Crippen LogP contribution in [0.25, 0.3) is 5.69 Å². The van der Waals surface area contributed by atoms with Gasteiger partial charge in [-0.15, -0.1) is 0 Å². The van der Waals surface area contributed by atoms with Crippen LogP contribution in [0.4, 0.5) is 5.69 Å². The molecule has 0 saturated heterocycles. The molecule has 9 heteroatoms. The second-order valence-corrected chi connectivity index (χ2v) is 6.95. The third-order valence-electron chi connectivity index (χ3n) is 5.11. The summed E-state index contributed by atoms with van der Waals surface area (Å²) in [5, 5.41) is 23.7. The molecule has 1 aliphatic rings. The first-order chi connectivity index (χ1) is 12.8. The summed E-state index contributed by atoms with van der Waals surface area (Å²) in [7, 11) is 0. The molecule has 0 unspecified atom stereocenters. The SMILES string of the molecule is CC1CCC(NC(=O)c2ccc(-n3ccnc3)c([N+](=O)[O-])c2)(C(=O)O)CC1. The standard InChI is InChI=1S/C18H20N4O5/c1-12-4-6-18(7-5-12,17(24)25)20-16(23)13-2-3-14(15(10-13)22(26)27)21-9-8-19-11-21/h2-3,8-12H,4-7H2,1H3,(H,20,23)(H,24,25). The Balaban J connectivity index is 1.89. The molecule has 3 rings (SSSR count). The second kappa shape index (κ2) is 7.18. The van der Waals surface area contributed by atoms with Crippen molar-refractivity contribution in [3.05, 3.63) is 52.6 Å². The van der Waals surface area contributed by atoms with Crippen LogP contribution >= 0.6 is 0 Å². The average molecular weight is 372 g/mol. The highest BCUT2D eigenvalue weighted by Gasteiger charge is 2.42. The Labute approximate surface area is 155 Å². The van der Waals surface area contributed by atoms with Gasteiger partial charge in [0.2, 0.25) is 0 Å². The number of hydrogen-bond acceptors (Lipinski definition) is 5. The lowest BCUT2D eigenvalue weighted by Crippen LogP contribution is -2.56. The van der Waals surface area contributed by atoms with Gasteiger partial charge in [-0.2, -0.15) is 0 Å². The molecule has 1 aliphatic carbocycles. The first kappa shape index (κ1) is 18.6. The summed E-state index contributed by atoms with van der Waals surface area (Å²) >= 11 is 0. The van der Waals surface area contributed by atoms with Gasteiger partial charge in [0.1, 0.15) is 11.2 Å². The Bertz CT molecular complexity index is 870. The van der Waals surface area contributed by atoms with Crippen LogP contribution in [0.15, 0.2) is 36.9 Å². The largest absolute Gasteiger partial charge is 0.480 e. The number of carbonyl (C=O) groups excluding carboxylic acids is 1. The number of nitrogens with zero attached hydrogens (tertiary/aromatic N) is 3. The van der Waals surface area contributed by atoms with Crippen LogP contribution in [-0.4, -0.2) is 37.0 Å². The van der Waals surface area contributed by atoms with E-state index in [1.54, 1.807) is 6.20 Å². The summed E-state index contributed by atoms with van der Waals surface area (Å²) in [4.78, 5) is 39.2. The fraction of sp³-hybridized carbons (Fsp3) is 0.389. The number of aliphatic carboxylic acids is 1. The summed E-state index contributed by atoms with van der Waals surface area (Å²) < 4.78 is 1.47. The van der Waals surface area contributed by atoms with Gasteiger partial charge in [0.05, 0.1) is 11.3 Å². The van der Waals surface area contributed by atoms with Crippen molar-refractivity contribution in [1.82, 2.24) is 14.9 Å². The van der Waals surface area contributed by atoms with Crippen LogP contribution in [-0.2, 0) is 4.79 Å². The van der Waals surface area contributed by atoms with Crippen molar-refractivity contribution in [2.24, 2.45) is 5.92 Å². The second-order valence-electron chi connectivity index (χ2n) is 6.95. The van der Waals surface area contributed by atoms with E-state index in [2.05, 4.69) is 10.3 Å².